The largest absolute Gasteiger partial charge is 0.337 e. The van der Waals surface area contributed by atoms with E-state index in [0.717, 1.165) is 68.4 Å². The van der Waals surface area contributed by atoms with Crippen molar-refractivity contribution in [3.8, 4) is 33.8 Å². The van der Waals surface area contributed by atoms with Crippen LogP contribution in [0.3, 0.4) is 0 Å². The number of aromatic amines is 2. The van der Waals surface area contributed by atoms with Crippen LogP contribution in [0.2, 0.25) is 0 Å². The maximum Gasteiger partial charge on any atom is 0.224 e. The highest BCUT2D eigenvalue weighted by Gasteiger charge is 2.16. The minimum Gasteiger partial charge on any atom is -0.337 e. The summed E-state index contributed by atoms with van der Waals surface area (Å²) in [6, 6.07) is 24.2. The number of unbranched alkanes of at least 4 members (excludes halogenated alkanes) is 1. The number of nitrogens with one attached hydrogen (secondary N) is 3. The van der Waals surface area contributed by atoms with Gasteiger partial charge in [0.05, 0.1) is 16.6 Å². The minimum absolute atomic E-state index is 0.0436. The van der Waals surface area contributed by atoms with Crippen molar-refractivity contribution >= 4 is 33.5 Å². The fraction of sp³-hybridized carbons (Fsp3) is 0.133. The molecule has 0 fully saturated rings. The van der Waals surface area contributed by atoms with Crippen LogP contribution in [0.25, 0.3) is 55.7 Å². The molecule has 3 aromatic carbocycles. The SMILES string of the molecule is CCCCC(=O)Nc1cccc(-c2ccc3[nH]nc(-c4nc5c(-c6cccnc6)cccc5[nH]4)c3c2)c1. The molecule has 1 amide bonds. The van der Waals surface area contributed by atoms with E-state index < -0.39 is 0 Å². The van der Waals surface area contributed by atoms with E-state index in [2.05, 4.69) is 50.6 Å². The zero-order chi connectivity index (χ0) is 25.2. The smallest absolute Gasteiger partial charge is 0.224 e. The number of nitrogens with zero attached hydrogens (tertiary/aromatic N) is 3. The molecule has 6 aromatic rings. The van der Waals surface area contributed by atoms with E-state index in [1.807, 2.05) is 60.8 Å². The van der Waals surface area contributed by atoms with Gasteiger partial charge in [-0.2, -0.15) is 5.10 Å². The number of imidazole rings is 1. The summed E-state index contributed by atoms with van der Waals surface area (Å²) >= 11 is 0. The molecule has 0 aliphatic rings. The number of H-pyrrole nitrogens is 2. The van der Waals surface area contributed by atoms with Gasteiger partial charge in [-0.1, -0.05) is 49.7 Å². The van der Waals surface area contributed by atoms with Gasteiger partial charge < -0.3 is 10.3 Å². The summed E-state index contributed by atoms with van der Waals surface area (Å²) in [5, 5.41) is 11.7. The normalized spacial score (nSPS) is 11.3. The molecule has 3 aromatic heterocycles. The summed E-state index contributed by atoms with van der Waals surface area (Å²) in [7, 11) is 0. The Kier molecular flexibility index (Phi) is 5.94. The van der Waals surface area contributed by atoms with E-state index in [-0.39, 0.29) is 5.91 Å². The lowest BCUT2D eigenvalue weighted by molar-refractivity contribution is -0.116. The highest BCUT2D eigenvalue weighted by atomic mass is 16.1. The first kappa shape index (κ1) is 22.7. The fourth-order valence-electron chi connectivity index (χ4n) is 4.61. The van der Waals surface area contributed by atoms with E-state index in [9.17, 15) is 4.79 Å². The molecular formula is C30H26N6O. The number of carbonyl (C=O) groups is 1. The predicted octanol–water partition coefficient (Wildman–Crippen LogP) is 6.96. The van der Waals surface area contributed by atoms with Gasteiger partial charge in [0.15, 0.2) is 5.82 Å². The van der Waals surface area contributed by atoms with Gasteiger partial charge in [0.1, 0.15) is 5.69 Å². The van der Waals surface area contributed by atoms with Crippen molar-refractivity contribution in [3.63, 3.8) is 0 Å². The Bertz CT molecular complexity index is 1720. The first-order valence-corrected chi connectivity index (χ1v) is 12.5. The molecule has 0 radical (unpaired) electrons. The molecule has 6 rings (SSSR count). The molecule has 3 N–H and O–H groups in total. The molecular weight excluding hydrogens is 460 g/mol. The molecule has 0 saturated heterocycles. The van der Waals surface area contributed by atoms with Crippen LogP contribution in [0.1, 0.15) is 26.2 Å². The van der Waals surface area contributed by atoms with Crippen molar-refractivity contribution in [1.82, 2.24) is 25.1 Å². The van der Waals surface area contributed by atoms with Gasteiger partial charge in [-0.05, 0) is 53.9 Å². The fourth-order valence-corrected chi connectivity index (χ4v) is 4.61. The third-order valence-corrected chi connectivity index (χ3v) is 6.51. The number of fused-ring (bicyclic) bond motifs is 2. The number of pyridine rings is 1. The standard InChI is InChI=1S/C30H26N6O/c1-2-3-12-27(37)32-22-9-4-7-19(16-22)20-13-14-25-24(17-20)29(36-35-25)30-33-26-11-5-10-23(28(26)34-30)21-8-6-15-31-18-21/h4-11,13-18H,2-3,12H2,1H3,(H,32,37)(H,33,34)(H,35,36). The number of rotatable bonds is 7. The number of hydrogen-bond acceptors (Lipinski definition) is 4. The predicted molar refractivity (Wildman–Crippen MR) is 148 cm³/mol. The highest BCUT2D eigenvalue weighted by molar-refractivity contribution is 5.98. The summed E-state index contributed by atoms with van der Waals surface area (Å²) in [6.45, 7) is 2.08. The van der Waals surface area contributed by atoms with Crippen LogP contribution >= 0.6 is 0 Å². The van der Waals surface area contributed by atoms with Crippen molar-refractivity contribution in [3.05, 3.63) is 85.2 Å². The molecule has 182 valence electrons. The second-order valence-electron chi connectivity index (χ2n) is 9.09. The van der Waals surface area contributed by atoms with Crippen LogP contribution in [0.4, 0.5) is 5.69 Å². The van der Waals surface area contributed by atoms with Crippen LogP contribution in [-0.2, 0) is 4.79 Å². The molecule has 7 nitrogen and oxygen atoms in total. The second-order valence-corrected chi connectivity index (χ2v) is 9.09. The summed E-state index contributed by atoms with van der Waals surface area (Å²) in [6.07, 6.45) is 6.03. The van der Waals surface area contributed by atoms with E-state index in [1.54, 1.807) is 6.20 Å². The van der Waals surface area contributed by atoms with Crippen LogP contribution in [0.15, 0.2) is 85.2 Å². The zero-order valence-electron chi connectivity index (χ0n) is 20.5. The Hall–Kier alpha value is -4.78. The molecule has 0 saturated carbocycles. The van der Waals surface area contributed by atoms with Crippen molar-refractivity contribution in [2.75, 3.05) is 5.32 Å². The molecule has 0 bridgehead atoms. The summed E-state index contributed by atoms with van der Waals surface area (Å²) < 4.78 is 0. The molecule has 0 atom stereocenters. The lowest BCUT2D eigenvalue weighted by Gasteiger charge is -2.08. The third-order valence-electron chi connectivity index (χ3n) is 6.51. The number of aromatic nitrogens is 5. The molecule has 7 heteroatoms. The Morgan fingerprint density at radius 3 is 2.65 bits per heavy atom. The number of para-hydroxylation sites is 1. The first-order valence-electron chi connectivity index (χ1n) is 12.5. The van der Waals surface area contributed by atoms with Gasteiger partial charge in [-0.25, -0.2) is 4.98 Å². The number of anilines is 1. The maximum absolute atomic E-state index is 12.2. The molecule has 37 heavy (non-hydrogen) atoms. The van der Waals surface area contributed by atoms with E-state index in [1.165, 1.54) is 0 Å². The van der Waals surface area contributed by atoms with Crippen LogP contribution in [0.5, 0.6) is 0 Å². The second kappa shape index (κ2) is 9.70. The zero-order valence-corrected chi connectivity index (χ0v) is 20.5. The lowest BCUT2D eigenvalue weighted by atomic mass is 10.0. The Labute approximate surface area is 214 Å². The van der Waals surface area contributed by atoms with E-state index >= 15 is 0 Å². The van der Waals surface area contributed by atoms with Gasteiger partial charge in [0.25, 0.3) is 0 Å². The van der Waals surface area contributed by atoms with Gasteiger partial charge in [0, 0.05) is 41.0 Å². The van der Waals surface area contributed by atoms with Crippen molar-refractivity contribution in [2.24, 2.45) is 0 Å². The number of benzene rings is 3. The van der Waals surface area contributed by atoms with Crippen molar-refractivity contribution in [1.29, 1.82) is 0 Å². The summed E-state index contributed by atoms with van der Waals surface area (Å²) in [5.74, 6) is 0.744. The van der Waals surface area contributed by atoms with Gasteiger partial charge in [-0.3, -0.25) is 14.9 Å². The molecule has 3 heterocycles. The molecule has 0 aliphatic carbocycles. The van der Waals surface area contributed by atoms with Gasteiger partial charge in [0.2, 0.25) is 5.91 Å². The molecule has 0 aliphatic heterocycles. The Morgan fingerprint density at radius 2 is 1.78 bits per heavy atom. The van der Waals surface area contributed by atoms with Crippen LogP contribution in [0, 0.1) is 0 Å². The number of amides is 1. The van der Waals surface area contributed by atoms with E-state index in [4.69, 9.17) is 4.98 Å². The summed E-state index contributed by atoms with van der Waals surface area (Å²) in [5.41, 5.74) is 8.39. The Morgan fingerprint density at radius 1 is 0.919 bits per heavy atom. The van der Waals surface area contributed by atoms with Gasteiger partial charge in [-0.15, -0.1) is 0 Å². The molecule has 0 unspecified atom stereocenters. The third kappa shape index (κ3) is 4.47. The van der Waals surface area contributed by atoms with Gasteiger partial charge >= 0.3 is 0 Å². The highest BCUT2D eigenvalue weighted by Crippen LogP contribution is 2.33. The monoisotopic (exact) mass is 486 g/mol. The molecule has 0 spiro atoms. The van der Waals surface area contributed by atoms with Crippen molar-refractivity contribution in [2.45, 2.75) is 26.2 Å². The average molecular weight is 487 g/mol. The van der Waals surface area contributed by atoms with E-state index in [0.29, 0.717) is 12.2 Å². The quantitative estimate of drug-likeness (QED) is 0.227. The van der Waals surface area contributed by atoms with Crippen LogP contribution in [-0.4, -0.2) is 31.1 Å². The number of carbonyl (C=O) groups excluding carboxylic acids is 1. The number of hydrogen-bond donors (Lipinski definition) is 3. The average Bonchev–Trinajstić information content (AvgIpc) is 3.56. The van der Waals surface area contributed by atoms with Crippen molar-refractivity contribution < 1.29 is 4.79 Å². The Balaban J connectivity index is 1.37. The minimum atomic E-state index is 0.0436. The maximum atomic E-state index is 12.2. The first-order chi connectivity index (χ1) is 18.2. The van der Waals surface area contributed by atoms with Crippen LogP contribution < -0.4 is 5.32 Å². The lowest BCUT2D eigenvalue weighted by Crippen LogP contribution is -2.10. The summed E-state index contributed by atoms with van der Waals surface area (Å²) in [4.78, 5) is 24.9. The topological polar surface area (TPSA) is 99.3 Å².